The Hall–Kier alpha value is -1.17. The molecular weight excluding hydrogens is 294 g/mol. The number of nitrogens with two attached hydrogens (primary N) is 1. The van der Waals surface area contributed by atoms with Crippen LogP contribution in [0.25, 0.3) is 0 Å². The van der Waals surface area contributed by atoms with E-state index in [1.807, 2.05) is 41.8 Å². The second-order valence-electron chi connectivity index (χ2n) is 3.96. The predicted molar refractivity (Wildman–Crippen MR) is 87.1 cm³/mol. The van der Waals surface area contributed by atoms with E-state index in [1.54, 1.807) is 11.8 Å². The minimum atomic E-state index is 0.186. The van der Waals surface area contributed by atoms with Gasteiger partial charge in [0.05, 0.1) is 10.6 Å². The summed E-state index contributed by atoms with van der Waals surface area (Å²) >= 11 is 8.04. The molecule has 0 saturated carbocycles. The minimum absolute atomic E-state index is 0.186. The lowest BCUT2D eigenvalue weighted by Gasteiger charge is -2.03. The normalized spacial score (nSPS) is 10.3. The zero-order chi connectivity index (χ0) is 13.7. The summed E-state index contributed by atoms with van der Waals surface area (Å²) in [5, 5.41) is 1.92. The number of Topliss-reactive ketones (excluding diaryl/α,β-unsaturated/α-hetero) is 1. The van der Waals surface area contributed by atoms with E-state index in [9.17, 15) is 4.79 Å². The number of thiocarbonyl (C=S) groups is 1. The highest BCUT2D eigenvalue weighted by molar-refractivity contribution is 7.99. The molecule has 0 atom stereocenters. The predicted octanol–water partition coefficient (Wildman–Crippen LogP) is 3.50. The molecular formula is C14H13NOS3. The average Bonchev–Trinajstić information content (AvgIpc) is 2.93. The topological polar surface area (TPSA) is 43.1 Å². The zero-order valence-corrected chi connectivity index (χ0v) is 12.6. The van der Waals surface area contributed by atoms with Gasteiger partial charge in [-0.25, -0.2) is 0 Å². The third-order valence-electron chi connectivity index (χ3n) is 2.51. The molecule has 0 fully saturated rings. The summed E-state index contributed by atoms with van der Waals surface area (Å²) in [5.74, 6) is 1.47. The van der Waals surface area contributed by atoms with E-state index in [0.717, 1.165) is 21.8 Å². The highest BCUT2D eigenvalue weighted by Crippen LogP contribution is 2.17. The van der Waals surface area contributed by atoms with Crippen LogP contribution < -0.4 is 5.73 Å². The summed E-state index contributed by atoms with van der Waals surface area (Å²) in [4.78, 5) is 13.0. The van der Waals surface area contributed by atoms with Gasteiger partial charge in [-0.2, -0.15) is 0 Å². The van der Waals surface area contributed by atoms with Gasteiger partial charge in [0.15, 0.2) is 5.78 Å². The molecule has 0 saturated heterocycles. The molecule has 0 spiro atoms. The SMILES string of the molecule is NC(=S)c1cccc(CSCC(=O)c2cccs2)c1. The fourth-order valence-electron chi connectivity index (χ4n) is 1.58. The number of rotatable bonds is 6. The van der Waals surface area contributed by atoms with Crippen molar-refractivity contribution in [1.82, 2.24) is 0 Å². The van der Waals surface area contributed by atoms with Gasteiger partial charge in [-0.15, -0.1) is 23.1 Å². The summed E-state index contributed by atoms with van der Waals surface area (Å²) in [6.45, 7) is 0. The molecule has 19 heavy (non-hydrogen) atoms. The van der Waals surface area contributed by atoms with Crippen LogP contribution >= 0.6 is 35.3 Å². The van der Waals surface area contributed by atoms with E-state index < -0.39 is 0 Å². The zero-order valence-electron chi connectivity index (χ0n) is 10.2. The van der Waals surface area contributed by atoms with Gasteiger partial charge < -0.3 is 5.73 Å². The van der Waals surface area contributed by atoms with Gasteiger partial charge in [-0.1, -0.05) is 36.5 Å². The van der Waals surface area contributed by atoms with Crippen molar-refractivity contribution in [2.75, 3.05) is 5.75 Å². The lowest BCUT2D eigenvalue weighted by Crippen LogP contribution is -2.09. The first-order valence-electron chi connectivity index (χ1n) is 5.70. The summed E-state index contributed by atoms with van der Waals surface area (Å²) in [5.41, 5.74) is 7.60. The molecule has 1 heterocycles. The summed E-state index contributed by atoms with van der Waals surface area (Å²) in [7, 11) is 0. The van der Waals surface area contributed by atoms with E-state index in [1.165, 1.54) is 11.3 Å². The molecule has 1 aromatic heterocycles. The van der Waals surface area contributed by atoms with Crippen LogP contribution in [0, 0.1) is 0 Å². The standard InChI is InChI=1S/C14H13NOS3/c15-14(17)11-4-1-3-10(7-11)8-18-9-12(16)13-5-2-6-19-13/h1-7H,8-9H2,(H2,15,17). The summed E-state index contributed by atoms with van der Waals surface area (Å²) in [6, 6.07) is 11.6. The molecule has 0 aliphatic carbocycles. The fraction of sp³-hybridized carbons (Fsp3) is 0.143. The van der Waals surface area contributed by atoms with Crippen molar-refractivity contribution in [3.8, 4) is 0 Å². The Morgan fingerprint density at radius 1 is 1.32 bits per heavy atom. The van der Waals surface area contributed by atoms with Crippen molar-refractivity contribution in [1.29, 1.82) is 0 Å². The Morgan fingerprint density at radius 3 is 2.84 bits per heavy atom. The van der Waals surface area contributed by atoms with Gasteiger partial charge in [-0.05, 0) is 23.1 Å². The fourth-order valence-corrected chi connectivity index (χ4v) is 3.33. The quantitative estimate of drug-likeness (QED) is 0.655. The molecule has 0 aliphatic rings. The monoisotopic (exact) mass is 307 g/mol. The van der Waals surface area contributed by atoms with Crippen LogP contribution in [0.4, 0.5) is 0 Å². The third-order valence-corrected chi connectivity index (χ3v) is 4.66. The van der Waals surface area contributed by atoms with Crippen LogP contribution in [-0.2, 0) is 5.75 Å². The van der Waals surface area contributed by atoms with Crippen LogP contribution in [0.2, 0.25) is 0 Å². The number of hydrogen-bond acceptors (Lipinski definition) is 4. The van der Waals surface area contributed by atoms with E-state index in [2.05, 4.69) is 0 Å². The van der Waals surface area contributed by atoms with E-state index in [4.69, 9.17) is 18.0 Å². The Labute approximate surface area is 126 Å². The molecule has 0 amide bonds. The van der Waals surface area contributed by atoms with Crippen LogP contribution in [-0.4, -0.2) is 16.5 Å². The van der Waals surface area contributed by atoms with Gasteiger partial charge >= 0.3 is 0 Å². The number of carbonyl (C=O) groups excluding carboxylic acids is 1. The van der Waals surface area contributed by atoms with E-state index in [0.29, 0.717) is 10.7 Å². The van der Waals surface area contributed by atoms with Gasteiger partial charge in [0.2, 0.25) is 0 Å². The number of thioether (sulfide) groups is 1. The molecule has 0 aliphatic heterocycles. The molecule has 2 N–H and O–H groups in total. The van der Waals surface area contributed by atoms with E-state index >= 15 is 0 Å². The molecule has 0 unspecified atom stereocenters. The lowest BCUT2D eigenvalue weighted by molar-refractivity contribution is 0.102. The van der Waals surface area contributed by atoms with Crippen LogP contribution in [0.1, 0.15) is 20.8 Å². The Morgan fingerprint density at radius 2 is 2.16 bits per heavy atom. The molecule has 98 valence electrons. The average molecular weight is 307 g/mol. The van der Waals surface area contributed by atoms with Crippen molar-refractivity contribution < 1.29 is 4.79 Å². The maximum atomic E-state index is 11.8. The molecule has 0 radical (unpaired) electrons. The van der Waals surface area contributed by atoms with Crippen molar-refractivity contribution in [2.45, 2.75) is 5.75 Å². The van der Waals surface area contributed by atoms with Crippen molar-refractivity contribution in [3.63, 3.8) is 0 Å². The number of thiophene rings is 1. The second kappa shape index (κ2) is 6.84. The molecule has 2 rings (SSSR count). The highest BCUT2D eigenvalue weighted by Gasteiger charge is 2.07. The van der Waals surface area contributed by atoms with Gasteiger partial charge in [-0.3, -0.25) is 4.79 Å². The van der Waals surface area contributed by atoms with Crippen LogP contribution in [0.5, 0.6) is 0 Å². The van der Waals surface area contributed by atoms with Gasteiger partial charge in [0.25, 0.3) is 0 Å². The van der Waals surface area contributed by atoms with Gasteiger partial charge in [0.1, 0.15) is 4.99 Å². The molecule has 0 bridgehead atoms. The smallest absolute Gasteiger partial charge is 0.182 e. The van der Waals surface area contributed by atoms with Crippen molar-refractivity contribution in [2.24, 2.45) is 5.73 Å². The first-order chi connectivity index (χ1) is 9.16. The summed E-state index contributed by atoms with van der Waals surface area (Å²) < 4.78 is 0. The maximum absolute atomic E-state index is 11.8. The number of carbonyl (C=O) groups is 1. The maximum Gasteiger partial charge on any atom is 0.182 e. The second-order valence-corrected chi connectivity index (χ2v) is 6.33. The highest BCUT2D eigenvalue weighted by atomic mass is 32.2. The largest absolute Gasteiger partial charge is 0.389 e. The Kier molecular flexibility index (Phi) is 5.13. The number of hydrogen-bond donors (Lipinski definition) is 1. The van der Waals surface area contributed by atoms with Crippen molar-refractivity contribution in [3.05, 3.63) is 57.8 Å². The van der Waals surface area contributed by atoms with Crippen LogP contribution in [0.15, 0.2) is 41.8 Å². The Balaban J connectivity index is 1.87. The first kappa shape index (κ1) is 14.2. The molecule has 2 nitrogen and oxygen atoms in total. The third kappa shape index (κ3) is 4.16. The minimum Gasteiger partial charge on any atom is -0.389 e. The summed E-state index contributed by atoms with van der Waals surface area (Å²) in [6.07, 6.45) is 0. The molecule has 5 heteroatoms. The Bertz CT molecular complexity index is 578. The van der Waals surface area contributed by atoms with Gasteiger partial charge in [0, 0.05) is 11.3 Å². The lowest BCUT2D eigenvalue weighted by atomic mass is 10.1. The number of benzene rings is 1. The molecule has 2 aromatic rings. The van der Waals surface area contributed by atoms with Crippen molar-refractivity contribution >= 4 is 46.1 Å². The first-order valence-corrected chi connectivity index (χ1v) is 8.14. The van der Waals surface area contributed by atoms with Crippen LogP contribution in [0.3, 0.4) is 0 Å². The van der Waals surface area contributed by atoms with E-state index in [-0.39, 0.29) is 5.78 Å². The molecule has 1 aromatic carbocycles. The number of ketones is 1.